The van der Waals surface area contributed by atoms with Crippen molar-refractivity contribution in [1.82, 2.24) is 4.90 Å². The van der Waals surface area contributed by atoms with Crippen molar-refractivity contribution in [3.8, 4) is 11.5 Å². The molecule has 184 valence electrons. The van der Waals surface area contributed by atoms with Gasteiger partial charge < -0.3 is 14.8 Å². The number of imide groups is 1. The Balaban J connectivity index is 1.50. The summed E-state index contributed by atoms with van der Waals surface area (Å²) in [5, 5.41) is 2.81. The van der Waals surface area contributed by atoms with Crippen LogP contribution in [0.25, 0.3) is 6.08 Å². The zero-order valence-corrected chi connectivity index (χ0v) is 21.2. The number of carbonyl (C=O) groups excluding carboxylic acids is 3. The maximum Gasteiger partial charge on any atom is 0.294 e. The molecule has 0 saturated carbocycles. The minimum Gasteiger partial charge on any atom is -0.493 e. The van der Waals surface area contributed by atoms with Crippen molar-refractivity contribution >= 4 is 52.2 Å². The molecule has 3 amide bonds. The fraction of sp³-hybridized carbons (Fsp3) is 0.148. The van der Waals surface area contributed by atoms with Gasteiger partial charge in [0.15, 0.2) is 11.5 Å². The Morgan fingerprint density at radius 3 is 2.47 bits per heavy atom. The van der Waals surface area contributed by atoms with Gasteiger partial charge in [0.2, 0.25) is 5.91 Å². The fourth-order valence-electron chi connectivity index (χ4n) is 3.46. The molecule has 0 spiro atoms. The largest absolute Gasteiger partial charge is 0.493 e. The predicted octanol–water partition coefficient (Wildman–Crippen LogP) is 5.91. The highest BCUT2D eigenvalue weighted by Crippen LogP contribution is 2.37. The Morgan fingerprint density at radius 1 is 1.06 bits per heavy atom. The Labute approximate surface area is 218 Å². The van der Waals surface area contributed by atoms with Crippen LogP contribution in [0, 0.1) is 6.92 Å². The number of anilines is 1. The monoisotopic (exact) mass is 522 g/mol. The summed E-state index contributed by atoms with van der Waals surface area (Å²) < 4.78 is 11.5. The van der Waals surface area contributed by atoms with Crippen LogP contribution in [0.1, 0.15) is 16.7 Å². The zero-order chi connectivity index (χ0) is 25.7. The summed E-state index contributed by atoms with van der Waals surface area (Å²) in [7, 11) is 1.52. The third-order valence-corrected chi connectivity index (χ3v) is 6.48. The molecule has 3 aromatic carbocycles. The molecular formula is C27H23ClN2O5S. The molecular weight excluding hydrogens is 500 g/mol. The third kappa shape index (κ3) is 6.08. The average molecular weight is 523 g/mol. The van der Waals surface area contributed by atoms with Gasteiger partial charge >= 0.3 is 0 Å². The topological polar surface area (TPSA) is 84.9 Å². The lowest BCUT2D eigenvalue weighted by Crippen LogP contribution is -2.36. The van der Waals surface area contributed by atoms with Crippen LogP contribution < -0.4 is 14.8 Å². The summed E-state index contributed by atoms with van der Waals surface area (Å²) in [5.41, 5.74) is 3.11. The molecule has 1 aliphatic rings. The van der Waals surface area contributed by atoms with E-state index >= 15 is 0 Å². The Morgan fingerprint density at radius 2 is 1.78 bits per heavy atom. The van der Waals surface area contributed by atoms with Gasteiger partial charge in [0.05, 0.1) is 12.0 Å². The van der Waals surface area contributed by atoms with Gasteiger partial charge in [-0.1, -0.05) is 53.6 Å². The number of thioether (sulfide) groups is 1. The molecule has 1 heterocycles. The molecule has 0 radical (unpaired) electrons. The van der Waals surface area contributed by atoms with Gasteiger partial charge in [-0.2, -0.15) is 0 Å². The molecule has 4 rings (SSSR count). The van der Waals surface area contributed by atoms with E-state index in [4.69, 9.17) is 21.1 Å². The van der Waals surface area contributed by atoms with Crippen molar-refractivity contribution in [2.75, 3.05) is 19.0 Å². The van der Waals surface area contributed by atoms with E-state index in [-0.39, 0.29) is 18.1 Å². The van der Waals surface area contributed by atoms with Gasteiger partial charge in [-0.25, -0.2) is 0 Å². The number of nitrogens with one attached hydrogen (secondary N) is 1. The molecule has 0 aliphatic carbocycles. The minimum atomic E-state index is -0.546. The number of carbonyl (C=O) groups is 3. The molecule has 1 N–H and O–H groups in total. The Kier molecular flexibility index (Phi) is 7.97. The van der Waals surface area contributed by atoms with E-state index in [0.29, 0.717) is 27.8 Å². The van der Waals surface area contributed by atoms with Gasteiger partial charge in [-0.15, -0.1) is 0 Å². The number of hydrogen-bond donors (Lipinski definition) is 1. The summed E-state index contributed by atoms with van der Waals surface area (Å²) in [4.78, 5) is 39.1. The van der Waals surface area contributed by atoms with E-state index in [1.54, 1.807) is 48.5 Å². The highest BCUT2D eigenvalue weighted by atomic mass is 35.5. The van der Waals surface area contributed by atoms with E-state index in [0.717, 1.165) is 27.8 Å². The number of aryl methyl sites for hydroxylation is 1. The molecule has 9 heteroatoms. The quantitative estimate of drug-likeness (QED) is 0.370. The van der Waals surface area contributed by atoms with E-state index in [2.05, 4.69) is 5.32 Å². The third-order valence-electron chi connectivity index (χ3n) is 5.32. The molecule has 36 heavy (non-hydrogen) atoms. The highest BCUT2D eigenvalue weighted by Gasteiger charge is 2.36. The fourth-order valence-corrected chi connectivity index (χ4v) is 4.41. The lowest BCUT2D eigenvalue weighted by Gasteiger charge is -2.14. The van der Waals surface area contributed by atoms with Gasteiger partial charge in [-0.3, -0.25) is 19.3 Å². The van der Waals surface area contributed by atoms with Gasteiger partial charge in [0.1, 0.15) is 13.2 Å². The number of nitrogens with zero attached hydrogens (tertiary/aromatic N) is 1. The SMILES string of the molecule is COc1cccc(/C=C2\SC(=O)N(CC(=O)Nc3ccc(C)cc3)C2=O)c1OCc1ccc(Cl)cc1. The second-order valence-corrected chi connectivity index (χ2v) is 9.41. The Hall–Kier alpha value is -3.75. The normalized spacial score (nSPS) is 14.3. The number of para-hydroxylation sites is 1. The maximum atomic E-state index is 13.0. The van der Waals surface area contributed by atoms with Crippen LogP contribution >= 0.6 is 23.4 Å². The lowest BCUT2D eigenvalue weighted by molar-refractivity contribution is -0.127. The molecule has 1 fully saturated rings. The molecule has 0 atom stereocenters. The smallest absolute Gasteiger partial charge is 0.294 e. The van der Waals surface area contributed by atoms with E-state index in [1.807, 2.05) is 31.2 Å². The first-order valence-corrected chi connectivity index (χ1v) is 12.2. The molecule has 0 aromatic heterocycles. The number of benzene rings is 3. The van der Waals surface area contributed by atoms with Crippen LogP contribution in [0.15, 0.2) is 71.6 Å². The van der Waals surface area contributed by atoms with Crippen LogP contribution in [0.2, 0.25) is 5.02 Å². The van der Waals surface area contributed by atoms with Crippen LogP contribution in [0.4, 0.5) is 10.5 Å². The first-order chi connectivity index (χ1) is 17.3. The number of methoxy groups -OCH3 is 1. The summed E-state index contributed by atoms with van der Waals surface area (Å²) >= 11 is 6.72. The number of hydrogen-bond acceptors (Lipinski definition) is 6. The van der Waals surface area contributed by atoms with Gasteiger partial charge in [-0.05, 0) is 60.7 Å². The number of rotatable bonds is 8. The highest BCUT2D eigenvalue weighted by molar-refractivity contribution is 8.18. The first-order valence-electron chi connectivity index (χ1n) is 11.0. The van der Waals surface area contributed by atoms with Crippen molar-refractivity contribution in [1.29, 1.82) is 0 Å². The lowest BCUT2D eigenvalue weighted by atomic mass is 10.1. The number of halogens is 1. The van der Waals surface area contributed by atoms with Crippen molar-refractivity contribution in [3.05, 3.63) is 93.3 Å². The van der Waals surface area contributed by atoms with Crippen LogP contribution in [-0.2, 0) is 16.2 Å². The van der Waals surface area contributed by atoms with Crippen LogP contribution in [0.5, 0.6) is 11.5 Å². The summed E-state index contributed by atoms with van der Waals surface area (Å²) in [6, 6.07) is 19.8. The van der Waals surface area contributed by atoms with E-state index in [9.17, 15) is 14.4 Å². The van der Waals surface area contributed by atoms with Crippen molar-refractivity contribution in [2.24, 2.45) is 0 Å². The average Bonchev–Trinajstić information content (AvgIpc) is 3.12. The van der Waals surface area contributed by atoms with Crippen molar-refractivity contribution < 1.29 is 23.9 Å². The molecule has 3 aromatic rings. The Bertz CT molecular complexity index is 1320. The first kappa shape index (κ1) is 25.3. The molecule has 7 nitrogen and oxygen atoms in total. The van der Waals surface area contributed by atoms with E-state index < -0.39 is 17.1 Å². The van der Waals surface area contributed by atoms with Crippen molar-refractivity contribution in [3.63, 3.8) is 0 Å². The molecule has 0 unspecified atom stereocenters. The van der Waals surface area contributed by atoms with Crippen molar-refractivity contribution in [2.45, 2.75) is 13.5 Å². The summed E-state index contributed by atoms with van der Waals surface area (Å²) in [5.74, 6) is -0.0976. The molecule has 0 bridgehead atoms. The van der Waals surface area contributed by atoms with E-state index in [1.165, 1.54) is 7.11 Å². The van der Waals surface area contributed by atoms with Crippen LogP contribution in [0.3, 0.4) is 0 Å². The summed E-state index contributed by atoms with van der Waals surface area (Å²) in [6.45, 7) is 1.81. The summed E-state index contributed by atoms with van der Waals surface area (Å²) in [6.07, 6.45) is 1.57. The number of ether oxygens (including phenoxy) is 2. The molecule has 1 saturated heterocycles. The second-order valence-electron chi connectivity index (χ2n) is 7.98. The van der Waals surface area contributed by atoms with Crippen LogP contribution in [-0.4, -0.2) is 35.6 Å². The standard InChI is InChI=1S/C27H23ClN2O5S/c1-17-6-12-21(13-7-17)29-24(31)15-30-26(32)23(36-27(30)33)14-19-4-3-5-22(34-2)25(19)35-16-18-8-10-20(28)11-9-18/h3-14H,15-16H2,1-2H3,(H,29,31)/b23-14-. The predicted molar refractivity (Wildman–Crippen MR) is 141 cm³/mol. The molecule has 1 aliphatic heterocycles. The number of amides is 3. The minimum absolute atomic E-state index is 0.188. The second kappa shape index (κ2) is 11.3. The zero-order valence-electron chi connectivity index (χ0n) is 19.6. The van der Waals surface area contributed by atoms with Gasteiger partial charge in [0.25, 0.3) is 11.1 Å². The maximum absolute atomic E-state index is 13.0. The van der Waals surface area contributed by atoms with Gasteiger partial charge in [0, 0.05) is 16.3 Å².